The summed E-state index contributed by atoms with van der Waals surface area (Å²) in [7, 11) is 0. The van der Waals surface area contributed by atoms with Crippen LogP contribution in [-0.4, -0.2) is 25.3 Å². The molecule has 140 valence electrons. The number of rotatable bonds is 11. The summed E-state index contributed by atoms with van der Waals surface area (Å²) in [6.07, 6.45) is 3.10. The van der Waals surface area contributed by atoms with E-state index in [0.29, 0.717) is 25.4 Å². The Kier molecular flexibility index (Phi) is 8.70. The first-order valence-electron chi connectivity index (χ1n) is 9.24. The van der Waals surface area contributed by atoms with Crippen LogP contribution in [0.3, 0.4) is 0 Å². The van der Waals surface area contributed by atoms with E-state index in [1.807, 2.05) is 37.3 Å². The van der Waals surface area contributed by atoms with E-state index in [2.05, 4.69) is 6.92 Å². The second-order valence-corrected chi connectivity index (χ2v) is 6.30. The molecule has 0 bridgehead atoms. The lowest BCUT2D eigenvalue weighted by Crippen LogP contribution is -2.20. The molecule has 0 heterocycles. The number of hydrogen-bond acceptors (Lipinski definition) is 4. The number of benzene rings is 2. The summed E-state index contributed by atoms with van der Waals surface area (Å²) in [6, 6.07) is 17.0. The van der Waals surface area contributed by atoms with E-state index in [9.17, 15) is 4.79 Å². The average molecular weight is 356 g/mol. The minimum absolute atomic E-state index is 0.266. The van der Waals surface area contributed by atoms with Gasteiger partial charge >= 0.3 is 5.97 Å². The second kappa shape index (κ2) is 11.3. The largest absolute Gasteiger partial charge is 0.489 e. The highest BCUT2D eigenvalue weighted by Crippen LogP contribution is 2.15. The van der Waals surface area contributed by atoms with Crippen LogP contribution in [0, 0.1) is 0 Å². The van der Waals surface area contributed by atoms with Gasteiger partial charge in [0, 0.05) is 6.61 Å². The van der Waals surface area contributed by atoms with Gasteiger partial charge in [-0.1, -0.05) is 50.1 Å². The standard InChI is InChI=1S/C22H28O4/c1-3-4-8-15-24-16-18(2)26-22(23)20-11-13-21(14-12-20)25-17-19-9-6-5-7-10-19/h5-7,9-14,18H,3-4,8,15-17H2,1-2H3/t18-/m0/s1. The molecule has 0 aromatic heterocycles. The lowest BCUT2D eigenvalue weighted by Gasteiger charge is -2.14. The molecule has 2 rings (SSSR count). The monoisotopic (exact) mass is 356 g/mol. The first-order valence-corrected chi connectivity index (χ1v) is 9.24. The van der Waals surface area contributed by atoms with Gasteiger partial charge in [0.15, 0.2) is 0 Å². The molecule has 0 unspecified atom stereocenters. The highest BCUT2D eigenvalue weighted by atomic mass is 16.6. The van der Waals surface area contributed by atoms with Crippen LogP contribution < -0.4 is 4.74 Å². The van der Waals surface area contributed by atoms with Crippen molar-refractivity contribution in [2.75, 3.05) is 13.2 Å². The van der Waals surface area contributed by atoms with Crippen molar-refractivity contribution >= 4 is 5.97 Å². The van der Waals surface area contributed by atoms with Crippen molar-refractivity contribution in [2.24, 2.45) is 0 Å². The third kappa shape index (κ3) is 7.28. The third-order valence-electron chi connectivity index (χ3n) is 3.89. The lowest BCUT2D eigenvalue weighted by atomic mass is 10.2. The summed E-state index contributed by atoms with van der Waals surface area (Å²) < 4.78 is 16.7. The van der Waals surface area contributed by atoms with Crippen molar-refractivity contribution in [3.05, 3.63) is 65.7 Å². The van der Waals surface area contributed by atoms with Gasteiger partial charge in [-0.05, 0) is 43.2 Å². The first-order chi connectivity index (χ1) is 12.7. The second-order valence-electron chi connectivity index (χ2n) is 6.30. The molecule has 0 aliphatic carbocycles. The third-order valence-corrected chi connectivity index (χ3v) is 3.89. The zero-order chi connectivity index (χ0) is 18.6. The fourth-order valence-corrected chi connectivity index (χ4v) is 2.42. The fraction of sp³-hybridized carbons (Fsp3) is 0.409. The number of unbranched alkanes of at least 4 members (excludes halogenated alkanes) is 2. The summed E-state index contributed by atoms with van der Waals surface area (Å²) in [6.45, 7) is 5.63. The maximum absolute atomic E-state index is 12.2. The van der Waals surface area contributed by atoms with Gasteiger partial charge < -0.3 is 14.2 Å². The highest BCUT2D eigenvalue weighted by molar-refractivity contribution is 5.89. The zero-order valence-corrected chi connectivity index (χ0v) is 15.6. The molecule has 1 atom stereocenters. The van der Waals surface area contributed by atoms with Gasteiger partial charge in [0.25, 0.3) is 0 Å². The topological polar surface area (TPSA) is 44.8 Å². The molecule has 0 aliphatic heterocycles. The van der Waals surface area contributed by atoms with Crippen molar-refractivity contribution < 1.29 is 19.0 Å². The molecular weight excluding hydrogens is 328 g/mol. The predicted octanol–water partition coefficient (Wildman–Crippen LogP) is 5.02. The number of hydrogen-bond donors (Lipinski definition) is 0. The molecule has 0 N–H and O–H groups in total. The summed E-state index contributed by atoms with van der Waals surface area (Å²) in [5, 5.41) is 0. The normalized spacial score (nSPS) is 11.8. The van der Waals surface area contributed by atoms with E-state index in [1.54, 1.807) is 24.3 Å². The molecule has 0 aliphatic rings. The van der Waals surface area contributed by atoms with Crippen molar-refractivity contribution in [3.63, 3.8) is 0 Å². The van der Waals surface area contributed by atoms with Crippen LogP contribution in [0.1, 0.15) is 49.0 Å². The van der Waals surface area contributed by atoms with Crippen molar-refractivity contribution in [1.82, 2.24) is 0 Å². The van der Waals surface area contributed by atoms with E-state index >= 15 is 0 Å². The molecule has 0 saturated heterocycles. The summed E-state index contributed by atoms with van der Waals surface area (Å²) in [5.41, 5.74) is 1.61. The average Bonchev–Trinajstić information content (AvgIpc) is 2.67. The summed E-state index contributed by atoms with van der Waals surface area (Å²) in [4.78, 5) is 12.2. The summed E-state index contributed by atoms with van der Waals surface area (Å²) >= 11 is 0. The zero-order valence-electron chi connectivity index (χ0n) is 15.6. The van der Waals surface area contributed by atoms with Crippen molar-refractivity contribution in [2.45, 2.75) is 45.8 Å². The van der Waals surface area contributed by atoms with Crippen LogP contribution in [0.4, 0.5) is 0 Å². The molecular formula is C22H28O4. The molecule has 26 heavy (non-hydrogen) atoms. The van der Waals surface area contributed by atoms with E-state index in [-0.39, 0.29) is 12.1 Å². The van der Waals surface area contributed by atoms with Crippen LogP contribution in [0.2, 0.25) is 0 Å². The number of carbonyl (C=O) groups excluding carboxylic acids is 1. The van der Waals surface area contributed by atoms with Gasteiger partial charge in [0.05, 0.1) is 12.2 Å². The van der Waals surface area contributed by atoms with Gasteiger partial charge in [-0.3, -0.25) is 0 Å². The van der Waals surface area contributed by atoms with Crippen molar-refractivity contribution in [3.8, 4) is 5.75 Å². The van der Waals surface area contributed by atoms with Crippen molar-refractivity contribution in [1.29, 1.82) is 0 Å². The minimum Gasteiger partial charge on any atom is -0.489 e. The Hall–Kier alpha value is -2.33. The van der Waals surface area contributed by atoms with Gasteiger partial charge in [-0.15, -0.1) is 0 Å². The SMILES string of the molecule is CCCCCOC[C@H](C)OC(=O)c1ccc(OCc2ccccc2)cc1. The number of esters is 1. The molecule has 2 aromatic carbocycles. The van der Waals surface area contributed by atoms with E-state index in [4.69, 9.17) is 14.2 Å². The van der Waals surface area contributed by atoms with E-state index in [0.717, 1.165) is 24.2 Å². The van der Waals surface area contributed by atoms with Crippen LogP contribution in [0.25, 0.3) is 0 Å². The first kappa shape index (κ1) is 20.0. The fourth-order valence-electron chi connectivity index (χ4n) is 2.42. The Labute approximate surface area is 156 Å². The van der Waals surface area contributed by atoms with Gasteiger partial charge in [-0.25, -0.2) is 4.79 Å². The smallest absolute Gasteiger partial charge is 0.338 e. The van der Waals surface area contributed by atoms with E-state index < -0.39 is 0 Å². The molecule has 0 amide bonds. The highest BCUT2D eigenvalue weighted by Gasteiger charge is 2.12. The lowest BCUT2D eigenvalue weighted by molar-refractivity contribution is 0.00156. The Morgan fingerprint density at radius 3 is 2.42 bits per heavy atom. The van der Waals surface area contributed by atoms with Crippen LogP contribution in [0.15, 0.2) is 54.6 Å². The predicted molar refractivity (Wildman–Crippen MR) is 102 cm³/mol. The molecule has 2 aromatic rings. The molecule has 0 fully saturated rings. The molecule has 0 radical (unpaired) electrons. The number of ether oxygens (including phenoxy) is 3. The van der Waals surface area contributed by atoms with Gasteiger partial charge in [-0.2, -0.15) is 0 Å². The van der Waals surface area contributed by atoms with Crippen LogP contribution in [0.5, 0.6) is 5.75 Å². The maximum atomic E-state index is 12.2. The molecule has 4 heteroatoms. The molecule has 0 saturated carbocycles. The molecule has 4 nitrogen and oxygen atoms in total. The minimum atomic E-state index is -0.343. The Bertz CT molecular complexity index is 637. The maximum Gasteiger partial charge on any atom is 0.338 e. The molecule has 0 spiro atoms. The Morgan fingerprint density at radius 1 is 1.00 bits per heavy atom. The summed E-state index contributed by atoms with van der Waals surface area (Å²) in [5.74, 6) is 0.377. The van der Waals surface area contributed by atoms with Crippen LogP contribution in [-0.2, 0) is 16.1 Å². The van der Waals surface area contributed by atoms with Crippen LogP contribution >= 0.6 is 0 Å². The number of carbonyl (C=O) groups is 1. The van der Waals surface area contributed by atoms with E-state index in [1.165, 1.54) is 6.42 Å². The quantitative estimate of drug-likeness (QED) is 0.419. The Morgan fingerprint density at radius 2 is 1.73 bits per heavy atom. The Balaban J connectivity index is 1.73. The van der Waals surface area contributed by atoms with Gasteiger partial charge in [0.1, 0.15) is 18.5 Å². The van der Waals surface area contributed by atoms with Gasteiger partial charge in [0.2, 0.25) is 0 Å².